The zero-order valence-electron chi connectivity index (χ0n) is 20.4. The zero-order chi connectivity index (χ0) is 25.7. The Kier molecular flexibility index (Phi) is 7.93. The van der Waals surface area contributed by atoms with Crippen LogP contribution in [0.1, 0.15) is 39.1 Å². The molecule has 1 aliphatic rings. The minimum atomic E-state index is -0.641. The van der Waals surface area contributed by atoms with Crippen LogP contribution < -0.4 is 4.74 Å². The highest BCUT2D eigenvalue weighted by molar-refractivity contribution is 5.94. The third-order valence-electron chi connectivity index (χ3n) is 6.88. The number of methoxy groups -OCH3 is 1. The molecule has 1 saturated heterocycles. The number of hydrogen-bond acceptors (Lipinski definition) is 4. The maximum atomic E-state index is 14.6. The number of rotatable bonds is 7. The zero-order valence-corrected chi connectivity index (χ0v) is 20.4. The van der Waals surface area contributed by atoms with Crippen LogP contribution in [0.15, 0.2) is 67.0 Å². The number of carbonyl (C=O) groups excluding carboxylic acids is 2. The fraction of sp³-hybridized carbons (Fsp3) is 0.321. The van der Waals surface area contributed by atoms with Gasteiger partial charge < -0.3 is 14.5 Å². The summed E-state index contributed by atoms with van der Waals surface area (Å²) in [5.41, 5.74) is 1.38. The number of pyridine rings is 1. The lowest BCUT2D eigenvalue weighted by atomic mass is 9.84. The fourth-order valence-electron chi connectivity index (χ4n) is 4.78. The standard InChI is InChI=1S/C28H29F2N3O3/c1-32(27(34)22-4-3-13-31-18-22)26(16-21-5-8-23(29)17-25(21)30)19-11-14-33(15-12-19)28(35)20-6-9-24(36-2)10-7-20/h3-10,13,17-19,26H,11-12,14-16H2,1-2H3/t26-/m0/s1. The molecule has 0 saturated carbocycles. The molecule has 1 aliphatic heterocycles. The van der Waals surface area contributed by atoms with E-state index in [9.17, 15) is 18.4 Å². The smallest absolute Gasteiger partial charge is 0.255 e. The molecule has 8 heteroatoms. The molecule has 1 fully saturated rings. The lowest BCUT2D eigenvalue weighted by molar-refractivity contribution is 0.0521. The Morgan fingerprint density at radius 1 is 1.08 bits per heavy atom. The van der Waals surface area contributed by atoms with E-state index in [1.54, 1.807) is 66.6 Å². The van der Waals surface area contributed by atoms with Gasteiger partial charge in [0.2, 0.25) is 0 Å². The topological polar surface area (TPSA) is 62.7 Å². The van der Waals surface area contributed by atoms with E-state index in [4.69, 9.17) is 4.74 Å². The summed E-state index contributed by atoms with van der Waals surface area (Å²) in [6.45, 7) is 1.04. The average Bonchev–Trinajstić information content (AvgIpc) is 2.92. The highest BCUT2D eigenvalue weighted by atomic mass is 19.1. The van der Waals surface area contributed by atoms with Crippen molar-refractivity contribution in [3.05, 3.63) is 95.3 Å². The van der Waals surface area contributed by atoms with Gasteiger partial charge in [0.1, 0.15) is 17.4 Å². The highest BCUT2D eigenvalue weighted by Crippen LogP contribution is 2.29. The Morgan fingerprint density at radius 2 is 1.81 bits per heavy atom. The number of likely N-dealkylation sites (N-methyl/N-ethyl adjacent to an activating group) is 1. The number of piperidine rings is 1. The SMILES string of the molecule is COc1ccc(C(=O)N2CCC([C@H](Cc3ccc(F)cc3F)N(C)C(=O)c3cccnc3)CC2)cc1. The molecule has 6 nitrogen and oxygen atoms in total. The van der Waals surface area contributed by atoms with Crippen LogP contribution in [0, 0.1) is 17.6 Å². The van der Waals surface area contributed by atoms with E-state index in [2.05, 4.69) is 4.98 Å². The number of benzene rings is 2. The van der Waals surface area contributed by atoms with Crippen LogP contribution in [-0.2, 0) is 6.42 Å². The van der Waals surface area contributed by atoms with E-state index < -0.39 is 11.6 Å². The van der Waals surface area contributed by atoms with Crippen molar-refractivity contribution in [1.82, 2.24) is 14.8 Å². The number of likely N-dealkylation sites (tertiary alicyclic amines) is 1. The second kappa shape index (κ2) is 11.3. The molecule has 3 aromatic rings. The van der Waals surface area contributed by atoms with Crippen molar-refractivity contribution in [3.8, 4) is 5.75 Å². The van der Waals surface area contributed by atoms with Gasteiger partial charge in [-0.25, -0.2) is 8.78 Å². The van der Waals surface area contributed by atoms with Crippen LogP contribution in [0.5, 0.6) is 5.75 Å². The summed E-state index contributed by atoms with van der Waals surface area (Å²) in [7, 11) is 3.28. The van der Waals surface area contributed by atoms with Crippen LogP contribution >= 0.6 is 0 Å². The summed E-state index contributed by atoms with van der Waals surface area (Å²) < 4.78 is 33.2. The van der Waals surface area contributed by atoms with Gasteiger partial charge in [-0.3, -0.25) is 14.6 Å². The van der Waals surface area contributed by atoms with Crippen molar-refractivity contribution in [2.24, 2.45) is 5.92 Å². The quantitative estimate of drug-likeness (QED) is 0.483. The molecule has 188 valence electrons. The molecule has 2 heterocycles. The number of ether oxygens (including phenoxy) is 1. The monoisotopic (exact) mass is 493 g/mol. The molecule has 2 amide bonds. The number of hydrogen-bond donors (Lipinski definition) is 0. The van der Waals surface area contributed by atoms with E-state index in [-0.39, 0.29) is 30.2 Å². The Morgan fingerprint density at radius 3 is 2.42 bits per heavy atom. The van der Waals surface area contributed by atoms with Crippen molar-refractivity contribution in [3.63, 3.8) is 0 Å². The maximum absolute atomic E-state index is 14.6. The molecule has 0 bridgehead atoms. The van der Waals surface area contributed by atoms with Gasteiger partial charge in [-0.2, -0.15) is 0 Å². The largest absolute Gasteiger partial charge is 0.497 e. The molecule has 0 aliphatic carbocycles. The molecule has 0 unspecified atom stereocenters. The van der Waals surface area contributed by atoms with Crippen LogP contribution in [0.2, 0.25) is 0 Å². The molecule has 1 atom stereocenters. The van der Waals surface area contributed by atoms with E-state index >= 15 is 0 Å². The third kappa shape index (κ3) is 5.70. The maximum Gasteiger partial charge on any atom is 0.255 e. The normalized spacial score (nSPS) is 14.8. The second-order valence-electron chi connectivity index (χ2n) is 9.02. The summed E-state index contributed by atoms with van der Waals surface area (Å²) in [5, 5.41) is 0. The molecule has 0 N–H and O–H groups in total. The Balaban J connectivity index is 1.51. The van der Waals surface area contributed by atoms with E-state index in [0.29, 0.717) is 48.4 Å². The van der Waals surface area contributed by atoms with Crippen LogP contribution in [0.3, 0.4) is 0 Å². The summed E-state index contributed by atoms with van der Waals surface area (Å²) in [6, 6.07) is 13.6. The van der Waals surface area contributed by atoms with Gasteiger partial charge in [0.15, 0.2) is 0 Å². The Bertz CT molecular complexity index is 1200. The molecular formula is C28H29F2N3O3. The summed E-state index contributed by atoms with van der Waals surface area (Å²) >= 11 is 0. The van der Waals surface area contributed by atoms with Gasteiger partial charge in [-0.05, 0) is 73.2 Å². The lowest BCUT2D eigenvalue weighted by Gasteiger charge is -2.40. The molecule has 0 spiro atoms. The molecule has 2 aromatic carbocycles. The molecule has 1 aromatic heterocycles. The summed E-state index contributed by atoms with van der Waals surface area (Å²) in [6.07, 6.45) is 4.65. The predicted molar refractivity (Wildman–Crippen MR) is 132 cm³/mol. The first kappa shape index (κ1) is 25.3. The summed E-state index contributed by atoms with van der Waals surface area (Å²) in [5.74, 6) is -0.834. The highest BCUT2D eigenvalue weighted by Gasteiger charge is 2.34. The van der Waals surface area contributed by atoms with Crippen LogP contribution in [-0.4, -0.2) is 59.9 Å². The predicted octanol–water partition coefficient (Wildman–Crippen LogP) is 4.60. The van der Waals surface area contributed by atoms with Crippen molar-refractivity contribution >= 4 is 11.8 Å². The van der Waals surface area contributed by atoms with Gasteiger partial charge in [0.25, 0.3) is 11.8 Å². The first-order valence-corrected chi connectivity index (χ1v) is 11.9. The van der Waals surface area contributed by atoms with E-state index in [1.165, 1.54) is 18.3 Å². The van der Waals surface area contributed by atoms with E-state index in [1.807, 2.05) is 0 Å². The van der Waals surface area contributed by atoms with Crippen molar-refractivity contribution in [2.75, 3.05) is 27.2 Å². The first-order valence-electron chi connectivity index (χ1n) is 11.9. The number of nitrogens with zero attached hydrogens (tertiary/aromatic N) is 3. The Labute approximate surface area is 209 Å². The average molecular weight is 494 g/mol. The van der Waals surface area contributed by atoms with Crippen LogP contribution in [0.25, 0.3) is 0 Å². The minimum absolute atomic E-state index is 0.0278. The number of aromatic nitrogens is 1. The number of carbonyl (C=O) groups is 2. The third-order valence-corrected chi connectivity index (χ3v) is 6.88. The first-order chi connectivity index (χ1) is 17.4. The molecule has 36 heavy (non-hydrogen) atoms. The summed E-state index contributed by atoms with van der Waals surface area (Å²) in [4.78, 5) is 33.7. The van der Waals surface area contributed by atoms with Gasteiger partial charge in [0, 0.05) is 50.2 Å². The van der Waals surface area contributed by atoms with Gasteiger partial charge in [-0.1, -0.05) is 6.07 Å². The fourth-order valence-corrected chi connectivity index (χ4v) is 4.78. The van der Waals surface area contributed by atoms with Crippen molar-refractivity contribution in [2.45, 2.75) is 25.3 Å². The number of amides is 2. The van der Waals surface area contributed by atoms with Crippen molar-refractivity contribution < 1.29 is 23.1 Å². The van der Waals surface area contributed by atoms with Gasteiger partial charge >= 0.3 is 0 Å². The molecule has 0 radical (unpaired) electrons. The second-order valence-corrected chi connectivity index (χ2v) is 9.02. The number of halogens is 2. The molecule has 4 rings (SSSR count). The van der Waals surface area contributed by atoms with Gasteiger partial charge in [0.05, 0.1) is 12.7 Å². The Hall–Kier alpha value is -3.81. The molecular weight excluding hydrogens is 464 g/mol. The van der Waals surface area contributed by atoms with Gasteiger partial charge in [-0.15, -0.1) is 0 Å². The lowest BCUT2D eigenvalue weighted by Crippen LogP contribution is -2.48. The van der Waals surface area contributed by atoms with Crippen molar-refractivity contribution in [1.29, 1.82) is 0 Å². The minimum Gasteiger partial charge on any atom is -0.497 e. The van der Waals surface area contributed by atoms with E-state index in [0.717, 1.165) is 6.07 Å². The van der Waals surface area contributed by atoms with Crippen LogP contribution in [0.4, 0.5) is 8.78 Å².